The molecule has 0 bridgehead atoms. The van der Waals surface area contributed by atoms with Crippen LogP contribution in [0.25, 0.3) is 0 Å². The topological polar surface area (TPSA) is 63.7 Å². The third-order valence-corrected chi connectivity index (χ3v) is 3.51. The van der Waals surface area contributed by atoms with Crippen molar-refractivity contribution in [2.75, 3.05) is 18.6 Å². The molecule has 2 rings (SSSR count). The number of hydrogen-bond donors (Lipinski definition) is 0. The highest BCUT2D eigenvalue weighted by Gasteiger charge is 2.35. The standard InChI is InChI=1S/C14H12BrNO4/c1-8(14(19)20-2)5-6-16-11-4-3-9(15)7-10(11)12(17)13(16)18/h3-5,7H,6H2,1-2H3. The predicted octanol–water partition coefficient (Wildman–Crippen LogP) is 2.10. The quantitative estimate of drug-likeness (QED) is 0.481. The van der Waals surface area contributed by atoms with E-state index in [1.54, 1.807) is 31.2 Å². The van der Waals surface area contributed by atoms with Gasteiger partial charge in [-0.25, -0.2) is 4.79 Å². The molecule has 0 spiro atoms. The van der Waals surface area contributed by atoms with Crippen molar-refractivity contribution in [2.24, 2.45) is 0 Å². The van der Waals surface area contributed by atoms with Gasteiger partial charge in [-0.15, -0.1) is 0 Å². The van der Waals surface area contributed by atoms with E-state index in [4.69, 9.17) is 0 Å². The number of Topliss-reactive ketones (excluding diaryl/α,β-unsaturated/α-hetero) is 1. The van der Waals surface area contributed by atoms with E-state index >= 15 is 0 Å². The van der Waals surface area contributed by atoms with Crippen LogP contribution >= 0.6 is 15.9 Å². The predicted molar refractivity (Wildman–Crippen MR) is 76.6 cm³/mol. The summed E-state index contributed by atoms with van der Waals surface area (Å²) in [4.78, 5) is 36.4. The van der Waals surface area contributed by atoms with Crippen molar-refractivity contribution in [1.82, 2.24) is 0 Å². The maximum absolute atomic E-state index is 11.9. The highest BCUT2D eigenvalue weighted by molar-refractivity contribution is 9.10. The number of ether oxygens (including phenoxy) is 1. The molecule has 1 heterocycles. The van der Waals surface area contributed by atoms with Gasteiger partial charge in [0.15, 0.2) is 0 Å². The molecule has 1 aliphatic heterocycles. The Kier molecular flexibility index (Phi) is 4.04. The van der Waals surface area contributed by atoms with Crippen molar-refractivity contribution in [1.29, 1.82) is 0 Å². The van der Waals surface area contributed by atoms with Crippen LogP contribution in [0.2, 0.25) is 0 Å². The smallest absolute Gasteiger partial charge is 0.333 e. The molecule has 0 N–H and O–H groups in total. The Morgan fingerprint density at radius 3 is 2.75 bits per heavy atom. The van der Waals surface area contributed by atoms with E-state index < -0.39 is 17.7 Å². The molecule has 6 heteroatoms. The van der Waals surface area contributed by atoms with E-state index in [-0.39, 0.29) is 6.54 Å². The van der Waals surface area contributed by atoms with Crippen LogP contribution in [0, 0.1) is 0 Å². The Hall–Kier alpha value is -1.95. The minimum Gasteiger partial charge on any atom is -0.466 e. The van der Waals surface area contributed by atoms with Crippen molar-refractivity contribution in [2.45, 2.75) is 6.92 Å². The van der Waals surface area contributed by atoms with Crippen molar-refractivity contribution in [3.8, 4) is 0 Å². The number of halogens is 1. The Morgan fingerprint density at radius 1 is 1.40 bits per heavy atom. The zero-order valence-electron chi connectivity index (χ0n) is 11.0. The molecule has 0 aromatic heterocycles. The van der Waals surface area contributed by atoms with Crippen LogP contribution in [0.3, 0.4) is 0 Å². The summed E-state index contributed by atoms with van der Waals surface area (Å²) >= 11 is 3.27. The second-order valence-electron chi connectivity index (χ2n) is 4.29. The lowest BCUT2D eigenvalue weighted by molar-refractivity contribution is -0.136. The number of nitrogens with zero attached hydrogens (tertiary/aromatic N) is 1. The molecule has 0 saturated heterocycles. The number of rotatable bonds is 3. The summed E-state index contributed by atoms with van der Waals surface area (Å²) in [6, 6.07) is 5.07. The van der Waals surface area contributed by atoms with Crippen molar-refractivity contribution in [3.05, 3.63) is 39.9 Å². The van der Waals surface area contributed by atoms with Gasteiger partial charge in [0.05, 0.1) is 18.4 Å². The second kappa shape index (κ2) is 5.58. The van der Waals surface area contributed by atoms with Crippen LogP contribution in [0.1, 0.15) is 17.3 Å². The number of carbonyl (C=O) groups is 3. The Morgan fingerprint density at radius 2 is 2.10 bits per heavy atom. The van der Waals surface area contributed by atoms with Crippen molar-refractivity contribution in [3.63, 3.8) is 0 Å². The highest BCUT2D eigenvalue weighted by atomic mass is 79.9. The maximum atomic E-state index is 11.9. The average Bonchev–Trinajstić information content (AvgIpc) is 2.67. The molecule has 0 saturated carbocycles. The number of carbonyl (C=O) groups excluding carboxylic acids is 3. The third-order valence-electron chi connectivity index (χ3n) is 3.02. The summed E-state index contributed by atoms with van der Waals surface area (Å²) in [5.74, 6) is -1.59. The van der Waals surface area contributed by atoms with E-state index in [1.165, 1.54) is 12.0 Å². The van der Waals surface area contributed by atoms with E-state index in [9.17, 15) is 14.4 Å². The Balaban J connectivity index is 2.29. The first-order valence-corrected chi connectivity index (χ1v) is 6.66. The molecule has 1 aromatic carbocycles. The van der Waals surface area contributed by atoms with Gasteiger partial charge in [0, 0.05) is 16.6 Å². The molecule has 5 nitrogen and oxygen atoms in total. The Bertz CT molecular complexity index is 636. The first-order chi connectivity index (χ1) is 9.45. The maximum Gasteiger partial charge on any atom is 0.333 e. The number of ketones is 1. The number of amides is 1. The second-order valence-corrected chi connectivity index (χ2v) is 5.20. The van der Waals surface area contributed by atoms with E-state index in [2.05, 4.69) is 20.7 Å². The number of esters is 1. The number of methoxy groups -OCH3 is 1. The SMILES string of the molecule is COC(=O)C(C)=CCN1C(=O)C(=O)c2cc(Br)ccc21. The molecule has 1 aliphatic rings. The highest BCUT2D eigenvalue weighted by Crippen LogP contribution is 2.31. The molecule has 1 aromatic rings. The lowest BCUT2D eigenvalue weighted by Crippen LogP contribution is -2.30. The largest absolute Gasteiger partial charge is 0.466 e. The fraction of sp³-hybridized carbons (Fsp3) is 0.214. The first kappa shape index (κ1) is 14.5. The Labute approximate surface area is 124 Å². The van der Waals surface area contributed by atoms with E-state index in [0.717, 1.165) is 4.47 Å². The van der Waals surface area contributed by atoms with Crippen LogP contribution in [0.5, 0.6) is 0 Å². The third kappa shape index (κ3) is 2.51. The van der Waals surface area contributed by atoms with Gasteiger partial charge in [-0.05, 0) is 25.1 Å². The zero-order valence-corrected chi connectivity index (χ0v) is 12.6. The number of benzene rings is 1. The molecule has 0 unspecified atom stereocenters. The number of anilines is 1. The summed E-state index contributed by atoms with van der Waals surface area (Å²) in [6.45, 7) is 1.75. The molecule has 1 amide bonds. The minimum absolute atomic E-state index is 0.153. The lowest BCUT2D eigenvalue weighted by Gasteiger charge is -2.14. The van der Waals surface area contributed by atoms with Gasteiger partial charge in [0.25, 0.3) is 11.7 Å². The molecular formula is C14H12BrNO4. The van der Waals surface area contributed by atoms with Gasteiger partial charge in [-0.3, -0.25) is 9.59 Å². The van der Waals surface area contributed by atoms with Gasteiger partial charge < -0.3 is 9.64 Å². The average molecular weight is 338 g/mol. The molecule has 0 atom stereocenters. The van der Waals surface area contributed by atoms with Gasteiger partial charge in [0.2, 0.25) is 0 Å². The molecule has 20 heavy (non-hydrogen) atoms. The summed E-state index contributed by atoms with van der Waals surface area (Å²) in [7, 11) is 1.29. The molecule has 0 aliphatic carbocycles. The summed E-state index contributed by atoms with van der Waals surface area (Å²) in [5, 5.41) is 0. The van der Waals surface area contributed by atoms with E-state index in [0.29, 0.717) is 16.8 Å². The van der Waals surface area contributed by atoms with E-state index in [1.807, 2.05) is 0 Å². The monoisotopic (exact) mass is 337 g/mol. The van der Waals surface area contributed by atoms with Crippen molar-refractivity contribution < 1.29 is 19.1 Å². The summed E-state index contributed by atoms with van der Waals surface area (Å²) in [6.07, 6.45) is 1.56. The van der Waals surface area contributed by atoms with Gasteiger partial charge >= 0.3 is 5.97 Å². The lowest BCUT2D eigenvalue weighted by atomic mass is 10.1. The minimum atomic E-state index is -0.591. The number of fused-ring (bicyclic) bond motifs is 1. The molecule has 0 fully saturated rings. The molecule has 0 radical (unpaired) electrons. The fourth-order valence-electron chi connectivity index (χ4n) is 1.93. The van der Waals surface area contributed by atoms with Crippen LogP contribution in [-0.4, -0.2) is 31.3 Å². The molecule has 104 valence electrons. The van der Waals surface area contributed by atoms with Gasteiger partial charge in [-0.2, -0.15) is 0 Å². The van der Waals surface area contributed by atoms with Gasteiger partial charge in [-0.1, -0.05) is 22.0 Å². The number of hydrogen-bond acceptors (Lipinski definition) is 4. The van der Waals surface area contributed by atoms with Crippen LogP contribution in [0.4, 0.5) is 5.69 Å². The van der Waals surface area contributed by atoms with Crippen LogP contribution < -0.4 is 4.90 Å². The zero-order chi connectivity index (χ0) is 14.9. The summed E-state index contributed by atoms with van der Waals surface area (Å²) < 4.78 is 5.31. The first-order valence-electron chi connectivity index (χ1n) is 5.86. The van der Waals surface area contributed by atoms with Crippen molar-refractivity contribution >= 4 is 39.3 Å². The summed E-state index contributed by atoms with van der Waals surface area (Å²) in [5.41, 5.74) is 1.31. The van der Waals surface area contributed by atoms with Crippen LogP contribution in [0.15, 0.2) is 34.3 Å². The fourth-order valence-corrected chi connectivity index (χ4v) is 2.29. The van der Waals surface area contributed by atoms with Gasteiger partial charge in [0.1, 0.15) is 0 Å². The molecular weight excluding hydrogens is 326 g/mol. The normalized spacial score (nSPS) is 14.6. The van der Waals surface area contributed by atoms with Crippen LogP contribution in [-0.2, 0) is 14.3 Å².